The van der Waals surface area contributed by atoms with Crippen LogP contribution in [0.15, 0.2) is 48.5 Å². The first-order valence-corrected chi connectivity index (χ1v) is 8.83. The fraction of sp³-hybridized carbons (Fsp3) is 0.300. The van der Waals surface area contributed by atoms with E-state index in [1.54, 1.807) is 11.9 Å². The van der Waals surface area contributed by atoms with Crippen LogP contribution in [0.5, 0.6) is 5.75 Å². The summed E-state index contributed by atoms with van der Waals surface area (Å²) in [6.45, 7) is 2.98. The molecule has 0 aliphatic carbocycles. The average molecular weight is 385 g/mol. The smallest absolute Gasteiger partial charge is 0.269 e. The van der Waals surface area contributed by atoms with Crippen molar-refractivity contribution in [3.05, 3.63) is 69.8 Å². The SMILES string of the molecule is Cc1ccc(OCCN(C)C(=O)CCNC(=O)c2ccc([N+](=O)[O-])cc2)cc1. The maximum Gasteiger partial charge on any atom is 0.269 e. The molecule has 148 valence electrons. The number of hydrogen-bond acceptors (Lipinski definition) is 5. The molecule has 0 bridgehead atoms. The normalized spacial score (nSPS) is 10.2. The molecule has 2 rings (SSSR count). The molecule has 0 unspecified atom stereocenters. The van der Waals surface area contributed by atoms with Crippen molar-refractivity contribution in [1.82, 2.24) is 10.2 Å². The maximum absolute atomic E-state index is 12.1. The third-order valence-corrected chi connectivity index (χ3v) is 4.11. The molecule has 2 aromatic rings. The highest BCUT2D eigenvalue weighted by Gasteiger charge is 2.12. The quantitative estimate of drug-likeness (QED) is 0.528. The van der Waals surface area contributed by atoms with Crippen LogP contribution < -0.4 is 10.1 Å². The van der Waals surface area contributed by atoms with Gasteiger partial charge in [0.05, 0.1) is 11.5 Å². The van der Waals surface area contributed by atoms with E-state index in [0.717, 1.165) is 11.3 Å². The van der Waals surface area contributed by atoms with Crippen molar-refractivity contribution in [2.75, 3.05) is 26.7 Å². The van der Waals surface area contributed by atoms with Gasteiger partial charge in [-0.15, -0.1) is 0 Å². The number of aryl methyl sites for hydroxylation is 1. The topological polar surface area (TPSA) is 102 Å². The van der Waals surface area contributed by atoms with Crippen LogP contribution in [0.4, 0.5) is 5.69 Å². The van der Waals surface area contributed by atoms with Gasteiger partial charge in [-0.2, -0.15) is 0 Å². The zero-order valence-corrected chi connectivity index (χ0v) is 15.9. The van der Waals surface area contributed by atoms with Crippen LogP contribution in [-0.4, -0.2) is 48.4 Å². The number of likely N-dealkylation sites (N-methyl/N-ethyl adjacent to an activating group) is 1. The molecule has 2 aromatic carbocycles. The fourth-order valence-electron chi connectivity index (χ4n) is 2.37. The van der Waals surface area contributed by atoms with E-state index in [0.29, 0.717) is 18.7 Å². The highest BCUT2D eigenvalue weighted by molar-refractivity contribution is 5.94. The van der Waals surface area contributed by atoms with Gasteiger partial charge < -0.3 is 15.0 Å². The first-order valence-electron chi connectivity index (χ1n) is 8.83. The Hall–Kier alpha value is -3.42. The first kappa shape index (κ1) is 20.9. The van der Waals surface area contributed by atoms with E-state index in [2.05, 4.69) is 5.32 Å². The summed E-state index contributed by atoms with van der Waals surface area (Å²) < 4.78 is 5.60. The largest absolute Gasteiger partial charge is 0.492 e. The van der Waals surface area contributed by atoms with E-state index < -0.39 is 4.92 Å². The van der Waals surface area contributed by atoms with Crippen molar-refractivity contribution < 1.29 is 19.2 Å². The van der Waals surface area contributed by atoms with Crippen LogP contribution in [0.1, 0.15) is 22.3 Å². The van der Waals surface area contributed by atoms with Gasteiger partial charge in [-0.05, 0) is 31.2 Å². The second-order valence-electron chi connectivity index (χ2n) is 6.29. The first-order chi connectivity index (χ1) is 13.4. The van der Waals surface area contributed by atoms with E-state index >= 15 is 0 Å². The number of benzene rings is 2. The lowest BCUT2D eigenvalue weighted by atomic mass is 10.2. The second-order valence-corrected chi connectivity index (χ2v) is 6.29. The zero-order chi connectivity index (χ0) is 20.5. The average Bonchev–Trinajstić information content (AvgIpc) is 2.69. The predicted octanol–water partition coefficient (Wildman–Crippen LogP) is 2.56. The number of hydrogen-bond donors (Lipinski definition) is 1. The number of amides is 2. The number of rotatable bonds is 9. The summed E-state index contributed by atoms with van der Waals surface area (Å²) in [6.07, 6.45) is 0.153. The van der Waals surface area contributed by atoms with Crippen LogP contribution in [0.2, 0.25) is 0 Å². The molecule has 0 saturated carbocycles. The molecule has 28 heavy (non-hydrogen) atoms. The summed E-state index contributed by atoms with van der Waals surface area (Å²) in [4.78, 5) is 35.8. The molecule has 0 fully saturated rings. The van der Waals surface area contributed by atoms with Gasteiger partial charge in [-0.1, -0.05) is 17.7 Å². The number of nitrogens with one attached hydrogen (secondary N) is 1. The van der Waals surface area contributed by atoms with E-state index in [4.69, 9.17) is 4.74 Å². The number of nitrogens with zero attached hydrogens (tertiary/aromatic N) is 2. The fourth-order valence-corrected chi connectivity index (χ4v) is 2.37. The molecule has 0 atom stereocenters. The highest BCUT2D eigenvalue weighted by Crippen LogP contribution is 2.12. The Morgan fingerprint density at radius 2 is 1.75 bits per heavy atom. The van der Waals surface area contributed by atoms with Crippen LogP contribution in [-0.2, 0) is 4.79 Å². The summed E-state index contributed by atoms with van der Waals surface area (Å²) in [6, 6.07) is 13.0. The third kappa shape index (κ3) is 6.39. The molecule has 0 spiro atoms. The van der Waals surface area contributed by atoms with Gasteiger partial charge in [0.2, 0.25) is 5.91 Å². The number of carbonyl (C=O) groups excluding carboxylic acids is 2. The molecule has 0 heterocycles. The lowest BCUT2D eigenvalue weighted by Gasteiger charge is -2.17. The Kier molecular flexibility index (Phi) is 7.50. The minimum absolute atomic E-state index is 0.0822. The molecule has 0 aliphatic rings. The van der Waals surface area contributed by atoms with Gasteiger partial charge in [0.1, 0.15) is 12.4 Å². The van der Waals surface area contributed by atoms with Gasteiger partial charge in [-0.25, -0.2) is 0 Å². The highest BCUT2D eigenvalue weighted by atomic mass is 16.6. The van der Waals surface area contributed by atoms with E-state index in [-0.39, 0.29) is 30.5 Å². The van der Waals surface area contributed by atoms with E-state index in [1.807, 2.05) is 31.2 Å². The number of ether oxygens (including phenoxy) is 1. The Morgan fingerprint density at radius 1 is 1.11 bits per heavy atom. The van der Waals surface area contributed by atoms with E-state index in [9.17, 15) is 19.7 Å². The minimum atomic E-state index is -0.529. The summed E-state index contributed by atoms with van der Waals surface area (Å²) >= 11 is 0. The number of nitro groups is 1. The molecule has 0 saturated heterocycles. The van der Waals surface area contributed by atoms with Crippen molar-refractivity contribution in [2.45, 2.75) is 13.3 Å². The van der Waals surface area contributed by atoms with Crippen molar-refractivity contribution in [3.63, 3.8) is 0 Å². The lowest BCUT2D eigenvalue weighted by Crippen LogP contribution is -2.34. The molecule has 0 aromatic heterocycles. The standard InChI is InChI=1S/C20H23N3O5/c1-15-3-9-18(10-4-15)28-14-13-22(2)19(24)11-12-21-20(25)16-5-7-17(8-6-16)23(26)27/h3-10H,11-14H2,1-2H3,(H,21,25). The van der Waals surface area contributed by atoms with Crippen LogP contribution in [0.3, 0.4) is 0 Å². The monoisotopic (exact) mass is 385 g/mol. The molecule has 2 amide bonds. The lowest BCUT2D eigenvalue weighted by molar-refractivity contribution is -0.384. The zero-order valence-electron chi connectivity index (χ0n) is 15.9. The van der Waals surface area contributed by atoms with Gasteiger partial charge >= 0.3 is 0 Å². The molecular formula is C20H23N3O5. The number of nitro benzene ring substituents is 1. The van der Waals surface area contributed by atoms with Crippen molar-refractivity contribution in [3.8, 4) is 5.75 Å². The van der Waals surface area contributed by atoms with Crippen molar-refractivity contribution >= 4 is 17.5 Å². The summed E-state index contributed by atoms with van der Waals surface area (Å²) in [5.74, 6) is 0.256. The Morgan fingerprint density at radius 3 is 2.36 bits per heavy atom. The molecule has 0 radical (unpaired) electrons. The Balaban J connectivity index is 1.68. The predicted molar refractivity (Wildman–Crippen MR) is 104 cm³/mol. The molecule has 8 nitrogen and oxygen atoms in total. The summed E-state index contributed by atoms with van der Waals surface area (Å²) in [7, 11) is 1.68. The Bertz CT molecular complexity index is 819. The maximum atomic E-state index is 12.1. The van der Waals surface area contributed by atoms with Gasteiger partial charge in [0.25, 0.3) is 11.6 Å². The van der Waals surface area contributed by atoms with Crippen LogP contribution in [0, 0.1) is 17.0 Å². The van der Waals surface area contributed by atoms with Crippen molar-refractivity contribution in [1.29, 1.82) is 0 Å². The van der Waals surface area contributed by atoms with E-state index in [1.165, 1.54) is 24.3 Å². The van der Waals surface area contributed by atoms with Crippen LogP contribution >= 0.6 is 0 Å². The minimum Gasteiger partial charge on any atom is -0.492 e. The van der Waals surface area contributed by atoms with Gasteiger partial charge in [0.15, 0.2) is 0 Å². The number of non-ortho nitro benzene ring substituents is 1. The number of carbonyl (C=O) groups is 2. The summed E-state index contributed by atoms with van der Waals surface area (Å²) in [5.41, 5.74) is 1.37. The van der Waals surface area contributed by atoms with Gasteiger partial charge in [0, 0.05) is 37.7 Å². The third-order valence-electron chi connectivity index (χ3n) is 4.11. The summed E-state index contributed by atoms with van der Waals surface area (Å²) in [5, 5.41) is 13.2. The molecule has 1 N–H and O–H groups in total. The molecule has 8 heteroatoms. The second kappa shape index (κ2) is 10.1. The molecular weight excluding hydrogens is 362 g/mol. The molecule has 0 aliphatic heterocycles. The van der Waals surface area contributed by atoms with Crippen molar-refractivity contribution in [2.24, 2.45) is 0 Å². The van der Waals surface area contributed by atoms with Crippen LogP contribution in [0.25, 0.3) is 0 Å². The van der Waals surface area contributed by atoms with Gasteiger partial charge in [-0.3, -0.25) is 19.7 Å². The Labute approximate surface area is 163 Å².